The second kappa shape index (κ2) is 7.11. The number of anilines is 2. The summed E-state index contributed by atoms with van der Waals surface area (Å²) < 4.78 is 1.55. The number of nitrogens with one attached hydrogen (secondary N) is 2. The van der Waals surface area contributed by atoms with Gasteiger partial charge >= 0.3 is 0 Å². The Morgan fingerprint density at radius 1 is 1.19 bits per heavy atom. The molecule has 0 bridgehead atoms. The summed E-state index contributed by atoms with van der Waals surface area (Å²) in [6.07, 6.45) is 1.73. The van der Waals surface area contributed by atoms with Gasteiger partial charge < -0.3 is 15.5 Å². The van der Waals surface area contributed by atoms with E-state index in [-0.39, 0.29) is 11.5 Å². The second-order valence-electron chi connectivity index (χ2n) is 6.61. The quantitative estimate of drug-likeness (QED) is 0.735. The predicted molar refractivity (Wildman–Crippen MR) is 105 cm³/mol. The molecule has 7 nitrogen and oxygen atoms in total. The fourth-order valence-corrected chi connectivity index (χ4v) is 3.33. The van der Waals surface area contributed by atoms with Crippen LogP contribution in [-0.2, 0) is 11.3 Å². The molecule has 1 aliphatic rings. The SMILES string of the molecule is Cc1cccn2c(=O)cc(CNc3ccccc3N3CCNC(=O)C3)nc12. The fourth-order valence-electron chi connectivity index (χ4n) is 3.33. The summed E-state index contributed by atoms with van der Waals surface area (Å²) >= 11 is 0. The summed E-state index contributed by atoms with van der Waals surface area (Å²) in [5, 5.41) is 6.21. The number of hydrogen-bond donors (Lipinski definition) is 2. The summed E-state index contributed by atoms with van der Waals surface area (Å²) in [5.74, 6) is 0.0238. The zero-order valence-corrected chi connectivity index (χ0v) is 15.1. The van der Waals surface area contributed by atoms with Crippen LogP contribution in [0.25, 0.3) is 5.65 Å². The lowest BCUT2D eigenvalue weighted by atomic mass is 10.2. The maximum atomic E-state index is 12.4. The first-order valence-corrected chi connectivity index (χ1v) is 8.94. The lowest BCUT2D eigenvalue weighted by Gasteiger charge is -2.30. The number of fused-ring (bicyclic) bond motifs is 1. The molecule has 0 saturated carbocycles. The zero-order valence-electron chi connectivity index (χ0n) is 15.1. The van der Waals surface area contributed by atoms with Crippen molar-refractivity contribution in [3.8, 4) is 0 Å². The van der Waals surface area contributed by atoms with Crippen molar-refractivity contribution in [2.75, 3.05) is 29.9 Å². The van der Waals surface area contributed by atoms with Crippen LogP contribution in [-0.4, -0.2) is 34.9 Å². The molecular weight excluding hydrogens is 342 g/mol. The number of pyridine rings is 1. The fraction of sp³-hybridized carbons (Fsp3) is 0.250. The van der Waals surface area contributed by atoms with E-state index in [4.69, 9.17) is 0 Å². The van der Waals surface area contributed by atoms with Crippen molar-refractivity contribution in [2.24, 2.45) is 0 Å². The molecule has 1 saturated heterocycles. The Labute approximate surface area is 156 Å². The van der Waals surface area contributed by atoms with E-state index in [1.165, 1.54) is 0 Å². The molecule has 0 unspecified atom stereocenters. The molecule has 4 rings (SSSR count). The van der Waals surface area contributed by atoms with Crippen LogP contribution in [0.4, 0.5) is 11.4 Å². The molecule has 1 aliphatic heterocycles. The van der Waals surface area contributed by atoms with Gasteiger partial charge in [-0.2, -0.15) is 0 Å². The van der Waals surface area contributed by atoms with E-state index in [9.17, 15) is 9.59 Å². The Morgan fingerprint density at radius 3 is 2.89 bits per heavy atom. The van der Waals surface area contributed by atoms with Crippen LogP contribution in [0, 0.1) is 6.92 Å². The number of hydrogen-bond acceptors (Lipinski definition) is 5. The molecule has 1 aromatic carbocycles. The minimum atomic E-state index is -0.0958. The van der Waals surface area contributed by atoms with Crippen molar-refractivity contribution in [1.29, 1.82) is 0 Å². The number of benzene rings is 1. The van der Waals surface area contributed by atoms with Gasteiger partial charge in [0.25, 0.3) is 5.56 Å². The number of nitrogens with zero attached hydrogens (tertiary/aromatic N) is 3. The van der Waals surface area contributed by atoms with Gasteiger partial charge in [-0.05, 0) is 30.7 Å². The summed E-state index contributed by atoms with van der Waals surface area (Å²) in [6.45, 7) is 4.11. The van der Waals surface area contributed by atoms with Crippen LogP contribution in [0.3, 0.4) is 0 Å². The maximum Gasteiger partial charge on any atom is 0.258 e. The highest BCUT2D eigenvalue weighted by atomic mass is 16.2. The molecule has 3 heterocycles. The standard InChI is InChI=1S/C20H21N5O2/c1-14-5-4-9-25-19(27)11-15(23-20(14)25)12-22-16-6-2-3-7-17(16)24-10-8-21-18(26)13-24/h2-7,9,11,22H,8,10,12-13H2,1H3,(H,21,26). The number of carbonyl (C=O) groups is 1. The van der Waals surface area contributed by atoms with Crippen molar-refractivity contribution in [3.05, 3.63) is 70.3 Å². The van der Waals surface area contributed by atoms with Gasteiger partial charge in [0, 0.05) is 25.4 Å². The molecule has 2 aromatic heterocycles. The molecule has 7 heteroatoms. The monoisotopic (exact) mass is 363 g/mol. The smallest absolute Gasteiger partial charge is 0.258 e. The molecule has 0 aliphatic carbocycles. The number of amides is 1. The topological polar surface area (TPSA) is 78.7 Å². The summed E-state index contributed by atoms with van der Waals surface area (Å²) in [7, 11) is 0. The Kier molecular flexibility index (Phi) is 4.50. The molecule has 1 fully saturated rings. The van der Waals surface area contributed by atoms with Crippen LogP contribution in [0.15, 0.2) is 53.5 Å². The van der Waals surface area contributed by atoms with Gasteiger partial charge in [-0.25, -0.2) is 4.98 Å². The van der Waals surface area contributed by atoms with E-state index in [0.717, 1.165) is 23.5 Å². The van der Waals surface area contributed by atoms with E-state index < -0.39 is 0 Å². The summed E-state index contributed by atoms with van der Waals surface area (Å²) in [6, 6.07) is 13.2. The van der Waals surface area contributed by atoms with Crippen LogP contribution in [0.5, 0.6) is 0 Å². The second-order valence-corrected chi connectivity index (χ2v) is 6.61. The predicted octanol–water partition coefficient (Wildman–Crippen LogP) is 1.55. The average molecular weight is 363 g/mol. The van der Waals surface area contributed by atoms with E-state index in [2.05, 4.69) is 15.6 Å². The van der Waals surface area contributed by atoms with Gasteiger partial charge in [0.2, 0.25) is 5.91 Å². The molecule has 1 amide bonds. The van der Waals surface area contributed by atoms with Crippen molar-refractivity contribution in [1.82, 2.24) is 14.7 Å². The van der Waals surface area contributed by atoms with Gasteiger partial charge in [0.05, 0.1) is 30.2 Å². The minimum Gasteiger partial charge on any atom is -0.378 e. The summed E-state index contributed by atoms with van der Waals surface area (Å²) in [4.78, 5) is 30.7. The maximum absolute atomic E-state index is 12.4. The van der Waals surface area contributed by atoms with Crippen molar-refractivity contribution in [2.45, 2.75) is 13.5 Å². The molecule has 138 valence electrons. The number of piperazine rings is 1. The normalized spacial score (nSPS) is 14.3. The lowest BCUT2D eigenvalue weighted by Crippen LogP contribution is -2.47. The highest BCUT2D eigenvalue weighted by molar-refractivity contribution is 5.84. The first-order valence-electron chi connectivity index (χ1n) is 8.94. The average Bonchev–Trinajstić information content (AvgIpc) is 2.67. The molecule has 0 spiro atoms. The van der Waals surface area contributed by atoms with Gasteiger partial charge in [-0.1, -0.05) is 18.2 Å². The van der Waals surface area contributed by atoms with Crippen LogP contribution in [0.1, 0.15) is 11.3 Å². The Bertz CT molecular complexity index is 1060. The Hall–Kier alpha value is -3.35. The highest BCUT2D eigenvalue weighted by Gasteiger charge is 2.18. The van der Waals surface area contributed by atoms with E-state index in [1.807, 2.05) is 48.2 Å². The third-order valence-electron chi connectivity index (χ3n) is 4.68. The van der Waals surface area contributed by atoms with Gasteiger partial charge in [-0.3, -0.25) is 14.0 Å². The van der Waals surface area contributed by atoms with Crippen molar-refractivity contribution in [3.63, 3.8) is 0 Å². The highest BCUT2D eigenvalue weighted by Crippen LogP contribution is 2.26. The minimum absolute atomic E-state index is 0.0238. The van der Waals surface area contributed by atoms with E-state index in [1.54, 1.807) is 16.7 Å². The summed E-state index contributed by atoms with van der Waals surface area (Å²) in [5.41, 5.74) is 4.10. The number of aromatic nitrogens is 2. The molecule has 2 N–H and O–H groups in total. The molecular formula is C20H21N5O2. The molecule has 27 heavy (non-hydrogen) atoms. The van der Waals surface area contributed by atoms with Gasteiger partial charge in [0.1, 0.15) is 5.65 Å². The number of aryl methyl sites for hydroxylation is 1. The Balaban J connectivity index is 1.59. The van der Waals surface area contributed by atoms with Crippen molar-refractivity contribution < 1.29 is 4.79 Å². The van der Waals surface area contributed by atoms with E-state index in [0.29, 0.717) is 31.0 Å². The van der Waals surface area contributed by atoms with E-state index >= 15 is 0 Å². The van der Waals surface area contributed by atoms with Gasteiger partial charge in [-0.15, -0.1) is 0 Å². The third-order valence-corrected chi connectivity index (χ3v) is 4.68. The molecule has 0 radical (unpaired) electrons. The van der Waals surface area contributed by atoms with Crippen LogP contribution < -0.4 is 21.1 Å². The molecule has 3 aromatic rings. The van der Waals surface area contributed by atoms with Crippen molar-refractivity contribution >= 4 is 22.9 Å². The zero-order chi connectivity index (χ0) is 18.8. The van der Waals surface area contributed by atoms with Crippen LogP contribution >= 0.6 is 0 Å². The third kappa shape index (κ3) is 3.48. The number of para-hydroxylation sites is 2. The van der Waals surface area contributed by atoms with Gasteiger partial charge in [0.15, 0.2) is 0 Å². The number of carbonyl (C=O) groups excluding carboxylic acids is 1. The first kappa shape index (κ1) is 17.1. The largest absolute Gasteiger partial charge is 0.378 e. The lowest BCUT2D eigenvalue weighted by molar-refractivity contribution is -0.120. The molecule has 0 atom stereocenters. The Morgan fingerprint density at radius 2 is 2.04 bits per heavy atom. The number of rotatable bonds is 4. The van der Waals surface area contributed by atoms with Crippen LogP contribution in [0.2, 0.25) is 0 Å². The first-order chi connectivity index (χ1) is 13.1.